The molecule has 0 bridgehead atoms. The van der Waals surface area contributed by atoms with Gasteiger partial charge in [0.05, 0.1) is 0 Å². The van der Waals surface area contributed by atoms with Crippen LogP contribution in [0.15, 0.2) is 6.07 Å². The summed E-state index contributed by atoms with van der Waals surface area (Å²) in [5, 5.41) is 12.1. The van der Waals surface area contributed by atoms with E-state index in [0.717, 1.165) is 30.9 Å². The fourth-order valence-corrected chi connectivity index (χ4v) is 2.63. The van der Waals surface area contributed by atoms with Gasteiger partial charge in [0.2, 0.25) is 0 Å². The van der Waals surface area contributed by atoms with Crippen LogP contribution in [-0.4, -0.2) is 40.8 Å². The molecule has 100 valence electrons. The van der Waals surface area contributed by atoms with Crippen molar-refractivity contribution in [1.82, 2.24) is 15.1 Å². The van der Waals surface area contributed by atoms with Crippen LogP contribution in [-0.2, 0) is 6.42 Å². The first-order valence-electron chi connectivity index (χ1n) is 6.74. The first-order chi connectivity index (χ1) is 8.72. The summed E-state index contributed by atoms with van der Waals surface area (Å²) < 4.78 is 0. The molecule has 1 aromatic heterocycles. The summed E-state index contributed by atoms with van der Waals surface area (Å²) in [5.74, 6) is 0.846. The molecule has 0 amide bonds. The molecular weight excluding hydrogens is 248 g/mol. The Balaban J connectivity index is 2.00. The quantitative estimate of drug-likeness (QED) is 0.911. The minimum Gasteiger partial charge on any atom is -0.365 e. The third-order valence-corrected chi connectivity index (χ3v) is 3.83. The summed E-state index contributed by atoms with van der Waals surface area (Å²) in [6.07, 6.45) is 3.32. The van der Waals surface area contributed by atoms with Crippen molar-refractivity contribution >= 4 is 17.4 Å². The largest absolute Gasteiger partial charge is 0.365 e. The second-order valence-electron chi connectivity index (χ2n) is 4.78. The highest BCUT2D eigenvalue weighted by Crippen LogP contribution is 2.18. The number of anilines is 1. The van der Waals surface area contributed by atoms with Gasteiger partial charge in [0.25, 0.3) is 0 Å². The number of aromatic nitrogens is 2. The zero-order chi connectivity index (χ0) is 13.0. The maximum atomic E-state index is 5.98. The normalized spacial score (nSPS) is 20.9. The lowest BCUT2D eigenvalue weighted by atomic mass is 10.1. The highest BCUT2D eigenvalue weighted by atomic mass is 35.5. The van der Waals surface area contributed by atoms with E-state index in [0.29, 0.717) is 11.2 Å². The van der Waals surface area contributed by atoms with E-state index in [9.17, 15) is 0 Å². The van der Waals surface area contributed by atoms with Crippen LogP contribution in [0.4, 0.5) is 5.82 Å². The van der Waals surface area contributed by atoms with E-state index in [1.807, 2.05) is 6.07 Å². The van der Waals surface area contributed by atoms with Crippen molar-refractivity contribution in [2.24, 2.45) is 0 Å². The molecule has 5 heteroatoms. The van der Waals surface area contributed by atoms with Gasteiger partial charge in [0.1, 0.15) is 5.82 Å². The van der Waals surface area contributed by atoms with Crippen LogP contribution in [0.5, 0.6) is 0 Å². The molecule has 4 nitrogen and oxygen atoms in total. The van der Waals surface area contributed by atoms with E-state index in [1.54, 1.807) is 0 Å². The minimum atomic E-state index is 0.471. The molecule has 1 aromatic rings. The standard InChI is InChI=1S/C13H21ClN4/c1-3-10-8-12(16-17-13(10)14)15-11-6-5-7-18(4-2)9-11/h8,11H,3-7,9H2,1-2H3,(H,15,16)/t11-/m1/s1. The van der Waals surface area contributed by atoms with E-state index in [4.69, 9.17) is 11.6 Å². The average Bonchev–Trinajstić information content (AvgIpc) is 2.41. The Morgan fingerprint density at radius 2 is 2.28 bits per heavy atom. The van der Waals surface area contributed by atoms with Gasteiger partial charge in [0.15, 0.2) is 5.15 Å². The Hall–Kier alpha value is -0.870. The van der Waals surface area contributed by atoms with Crippen LogP contribution in [0, 0.1) is 0 Å². The van der Waals surface area contributed by atoms with Crippen LogP contribution in [0.2, 0.25) is 5.15 Å². The Labute approximate surface area is 114 Å². The van der Waals surface area contributed by atoms with Gasteiger partial charge < -0.3 is 10.2 Å². The van der Waals surface area contributed by atoms with Crippen LogP contribution >= 0.6 is 11.6 Å². The van der Waals surface area contributed by atoms with E-state index < -0.39 is 0 Å². The lowest BCUT2D eigenvalue weighted by molar-refractivity contribution is 0.226. The lowest BCUT2D eigenvalue weighted by Crippen LogP contribution is -2.42. The summed E-state index contributed by atoms with van der Waals surface area (Å²) in [6.45, 7) is 7.69. The molecule has 1 atom stereocenters. The van der Waals surface area contributed by atoms with Gasteiger partial charge in [-0.2, -0.15) is 0 Å². The first-order valence-corrected chi connectivity index (χ1v) is 7.11. The predicted molar refractivity (Wildman–Crippen MR) is 75.2 cm³/mol. The van der Waals surface area contributed by atoms with Gasteiger partial charge in [-0.05, 0) is 44.0 Å². The fourth-order valence-electron chi connectivity index (χ4n) is 2.40. The van der Waals surface area contributed by atoms with E-state index in [1.165, 1.54) is 19.4 Å². The summed E-state index contributed by atoms with van der Waals surface area (Å²) in [5.41, 5.74) is 1.05. The second kappa shape index (κ2) is 6.34. The van der Waals surface area contributed by atoms with E-state index in [-0.39, 0.29) is 0 Å². The Bertz CT molecular complexity index is 397. The molecule has 1 fully saturated rings. The molecule has 0 unspecified atom stereocenters. The topological polar surface area (TPSA) is 41.0 Å². The van der Waals surface area contributed by atoms with Crippen molar-refractivity contribution in [3.63, 3.8) is 0 Å². The molecular formula is C13H21ClN4. The molecule has 0 spiro atoms. The molecule has 1 aliphatic heterocycles. The Kier molecular flexibility index (Phi) is 4.78. The summed E-state index contributed by atoms with van der Waals surface area (Å²) >= 11 is 5.98. The summed E-state index contributed by atoms with van der Waals surface area (Å²) in [6, 6.07) is 2.49. The van der Waals surface area contributed by atoms with Crippen LogP contribution in [0.25, 0.3) is 0 Å². The zero-order valence-corrected chi connectivity index (χ0v) is 11.9. The summed E-state index contributed by atoms with van der Waals surface area (Å²) in [4.78, 5) is 2.46. The third kappa shape index (κ3) is 3.33. The second-order valence-corrected chi connectivity index (χ2v) is 5.13. The number of likely N-dealkylation sites (N-methyl/N-ethyl adjacent to an activating group) is 1. The van der Waals surface area contributed by atoms with Crippen LogP contribution in [0.1, 0.15) is 32.3 Å². The van der Waals surface area contributed by atoms with Gasteiger partial charge in [-0.15, -0.1) is 10.2 Å². The number of hydrogen-bond donors (Lipinski definition) is 1. The van der Waals surface area contributed by atoms with Gasteiger partial charge in [0, 0.05) is 12.6 Å². The molecule has 18 heavy (non-hydrogen) atoms. The minimum absolute atomic E-state index is 0.471. The zero-order valence-electron chi connectivity index (χ0n) is 11.1. The molecule has 1 aliphatic rings. The molecule has 0 radical (unpaired) electrons. The lowest BCUT2D eigenvalue weighted by Gasteiger charge is -2.32. The number of nitrogens with zero attached hydrogens (tertiary/aromatic N) is 3. The molecule has 0 aromatic carbocycles. The van der Waals surface area contributed by atoms with E-state index in [2.05, 4.69) is 34.3 Å². The predicted octanol–water partition coefficient (Wildman–Crippen LogP) is 2.59. The van der Waals surface area contributed by atoms with E-state index >= 15 is 0 Å². The monoisotopic (exact) mass is 268 g/mol. The molecule has 0 aliphatic carbocycles. The molecule has 2 rings (SSSR count). The maximum absolute atomic E-state index is 5.98. The Morgan fingerprint density at radius 3 is 3.00 bits per heavy atom. The first kappa shape index (κ1) is 13.6. The summed E-state index contributed by atoms with van der Waals surface area (Å²) in [7, 11) is 0. The highest BCUT2D eigenvalue weighted by molar-refractivity contribution is 6.30. The van der Waals surface area contributed by atoms with Gasteiger partial charge in [-0.1, -0.05) is 25.4 Å². The number of aryl methyl sites for hydroxylation is 1. The number of hydrogen-bond acceptors (Lipinski definition) is 4. The van der Waals surface area contributed by atoms with Crippen molar-refractivity contribution in [3.8, 4) is 0 Å². The number of nitrogens with one attached hydrogen (secondary N) is 1. The van der Waals surface area contributed by atoms with Crippen molar-refractivity contribution in [2.75, 3.05) is 25.0 Å². The molecule has 2 heterocycles. The fraction of sp³-hybridized carbons (Fsp3) is 0.692. The van der Waals surface area contributed by atoms with Crippen LogP contribution in [0.3, 0.4) is 0 Å². The molecule has 0 saturated carbocycles. The van der Waals surface area contributed by atoms with Gasteiger partial charge >= 0.3 is 0 Å². The van der Waals surface area contributed by atoms with Crippen LogP contribution < -0.4 is 5.32 Å². The number of piperidine rings is 1. The SMILES string of the molecule is CCc1cc(N[C@@H]2CCCN(CC)C2)nnc1Cl. The average molecular weight is 269 g/mol. The number of halogens is 1. The molecule has 1 N–H and O–H groups in total. The molecule has 1 saturated heterocycles. The van der Waals surface area contributed by atoms with Crippen molar-refractivity contribution in [2.45, 2.75) is 39.2 Å². The van der Waals surface area contributed by atoms with Crippen molar-refractivity contribution < 1.29 is 0 Å². The van der Waals surface area contributed by atoms with Gasteiger partial charge in [-0.25, -0.2) is 0 Å². The number of rotatable bonds is 4. The van der Waals surface area contributed by atoms with Gasteiger partial charge in [-0.3, -0.25) is 0 Å². The third-order valence-electron chi connectivity index (χ3n) is 3.51. The smallest absolute Gasteiger partial charge is 0.155 e. The highest BCUT2D eigenvalue weighted by Gasteiger charge is 2.19. The number of likely N-dealkylation sites (tertiary alicyclic amines) is 1. The van der Waals surface area contributed by atoms with Crippen molar-refractivity contribution in [3.05, 3.63) is 16.8 Å². The Morgan fingerprint density at radius 1 is 1.44 bits per heavy atom. The van der Waals surface area contributed by atoms with Crippen molar-refractivity contribution in [1.29, 1.82) is 0 Å². The maximum Gasteiger partial charge on any atom is 0.155 e.